The van der Waals surface area contributed by atoms with Crippen LogP contribution in [0.5, 0.6) is 0 Å². The second-order valence-electron chi connectivity index (χ2n) is 3.65. The van der Waals surface area contributed by atoms with Crippen LogP contribution in [0.3, 0.4) is 0 Å². The summed E-state index contributed by atoms with van der Waals surface area (Å²) in [6.45, 7) is 0. The fraction of sp³-hybridized carbons (Fsp3) is 0. The summed E-state index contributed by atoms with van der Waals surface area (Å²) in [5.41, 5.74) is 0.167. The highest BCUT2D eigenvalue weighted by molar-refractivity contribution is 9.10. The van der Waals surface area contributed by atoms with E-state index < -0.39 is 11.7 Å². The van der Waals surface area contributed by atoms with E-state index in [1.165, 1.54) is 12.1 Å². The van der Waals surface area contributed by atoms with Gasteiger partial charge in [0.25, 0.3) is 5.91 Å². The molecule has 2 rings (SSSR count). The summed E-state index contributed by atoms with van der Waals surface area (Å²) in [4.78, 5) is 12.0. The molecule has 0 aliphatic carbocycles. The SMILES string of the molecule is O=C(Nc1c(Cl)cccc1Cl)c1cccc(Br)c1F. The summed E-state index contributed by atoms with van der Waals surface area (Å²) in [6, 6.07) is 9.27. The zero-order valence-electron chi connectivity index (χ0n) is 9.38. The van der Waals surface area contributed by atoms with Gasteiger partial charge in [-0.3, -0.25) is 4.79 Å². The van der Waals surface area contributed by atoms with E-state index >= 15 is 0 Å². The number of carbonyl (C=O) groups excluding carboxylic acids is 1. The molecule has 0 saturated carbocycles. The Morgan fingerprint density at radius 1 is 1.11 bits per heavy atom. The van der Waals surface area contributed by atoms with Gasteiger partial charge < -0.3 is 5.32 Å². The molecule has 19 heavy (non-hydrogen) atoms. The average Bonchev–Trinajstić information content (AvgIpc) is 2.37. The molecule has 2 nitrogen and oxygen atoms in total. The molecule has 2 aromatic carbocycles. The highest BCUT2D eigenvalue weighted by atomic mass is 79.9. The minimum Gasteiger partial charge on any atom is -0.319 e. The van der Waals surface area contributed by atoms with E-state index in [2.05, 4.69) is 21.2 Å². The molecule has 0 unspecified atom stereocenters. The molecule has 0 aliphatic heterocycles. The van der Waals surface area contributed by atoms with Crippen molar-refractivity contribution in [2.24, 2.45) is 0 Å². The molecule has 0 aromatic heterocycles. The third kappa shape index (κ3) is 3.08. The average molecular weight is 363 g/mol. The first-order valence-electron chi connectivity index (χ1n) is 5.20. The summed E-state index contributed by atoms with van der Waals surface area (Å²) in [5.74, 6) is -1.25. The highest BCUT2D eigenvalue weighted by Gasteiger charge is 2.16. The van der Waals surface area contributed by atoms with Crippen LogP contribution in [0.1, 0.15) is 10.4 Å². The van der Waals surface area contributed by atoms with Crippen LogP contribution < -0.4 is 5.32 Å². The molecule has 0 bridgehead atoms. The number of rotatable bonds is 2. The van der Waals surface area contributed by atoms with Gasteiger partial charge in [0.1, 0.15) is 5.82 Å². The number of anilines is 1. The third-order valence-corrected chi connectivity index (χ3v) is 3.64. The van der Waals surface area contributed by atoms with E-state index in [-0.39, 0.29) is 25.8 Å². The van der Waals surface area contributed by atoms with E-state index in [4.69, 9.17) is 23.2 Å². The van der Waals surface area contributed by atoms with Gasteiger partial charge in [0.15, 0.2) is 0 Å². The van der Waals surface area contributed by atoms with Gasteiger partial charge in [0, 0.05) is 0 Å². The number of carbonyl (C=O) groups is 1. The summed E-state index contributed by atoms with van der Waals surface area (Å²) in [5, 5.41) is 3.08. The van der Waals surface area contributed by atoms with Crippen LogP contribution >= 0.6 is 39.1 Å². The van der Waals surface area contributed by atoms with Gasteiger partial charge in [0.2, 0.25) is 0 Å². The number of benzene rings is 2. The van der Waals surface area contributed by atoms with Crippen molar-refractivity contribution in [1.82, 2.24) is 0 Å². The van der Waals surface area contributed by atoms with Gasteiger partial charge in [-0.05, 0) is 40.2 Å². The second kappa shape index (κ2) is 5.90. The molecule has 0 saturated heterocycles. The monoisotopic (exact) mass is 361 g/mol. The van der Waals surface area contributed by atoms with Gasteiger partial charge >= 0.3 is 0 Å². The maximum absolute atomic E-state index is 13.8. The molecule has 2 aromatic rings. The van der Waals surface area contributed by atoms with E-state index in [1.807, 2.05) is 0 Å². The Labute approximate surface area is 127 Å². The van der Waals surface area contributed by atoms with Gasteiger partial charge in [-0.15, -0.1) is 0 Å². The lowest BCUT2D eigenvalue weighted by atomic mass is 10.2. The van der Waals surface area contributed by atoms with Crippen LogP contribution in [0.15, 0.2) is 40.9 Å². The van der Waals surface area contributed by atoms with E-state index in [9.17, 15) is 9.18 Å². The van der Waals surface area contributed by atoms with Crippen LogP contribution in [0.25, 0.3) is 0 Å². The predicted molar refractivity (Wildman–Crippen MR) is 78.5 cm³/mol. The first-order chi connectivity index (χ1) is 9.00. The highest BCUT2D eigenvalue weighted by Crippen LogP contribution is 2.30. The first kappa shape index (κ1) is 14.3. The molecule has 0 fully saturated rings. The smallest absolute Gasteiger partial charge is 0.258 e. The molecule has 0 aliphatic rings. The van der Waals surface area contributed by atoms with Gasteiger partial charge in [-0.25, -0.2) is 4.39 Å². The van der Waals surface area contributed by atoms with E-state index in [0.29, 0.717) is 0 Å². The van der Waals surface area contributed by atoms with Crippen LogP contribution in [0, 0.1) is 5.82 Å². The Balaban J connectivity index is 2.34. The molecule has 1 amide bonds. The Morgan fingerprint density at radius 2 is 1.68 bits per heavy atom. The van der Waals surface area contributed by atoms with E-state index in [1.54, 1.807) is 24.3 Å². The molecule has 0 atom stereocenters. The number of halogens is 4. The minimum atomic E-state index is -0.636. The summed E-state index contributed by atoms with van der Waals surface area (Å²) in [7, 11) is 0. The zero-order valence-corrected chi connectivity index (χ0v) is 12.5. The largest absolute Gasteiger partial charge is 0.319 e. The standard InChI is InChI=1S/C13H7BrCl2FNO/c14-8-4-1-3-7(11(8)17)13(19)18-12-9(15)5-2-6-10(12)16/h1-6H,(H,18,19). The maximum atomic E-state index is 13.8. The van der Waals surface area contributed by atoms with Crippen molar-refractivity contribution in [1.29, 1.82) is 0 Å². The fourth-order valence-electron chi connectivity index (χ4n) is 1.48. The Kier molecular flexibility index (Phi) is 4.45. The lowest BCUT2D eigenvalue weighted by molar-refractivity contribution is 0.102. The summed E-state index contributed by atoms with van der Waals surface area (Å²) in [6.07, 6.45) is 0. The van der Waals surface area contributed by atoms with Crippen molar-refractivity contribution in [3.05, 3.63) is 62.3 Å². The maximum Gasteiger partial charge on any atom is 0.258 e. The number of para-hydroxylation sites is 1. The number of amides is 1. The van der Waals surface area contributed by atoms with E-state index in [0.717, 1.165) is 0 Å². The zero-order chi connectivity index (χ0) is 14.0. The Morgan fingerprint density at radius 3 is 2.32 bits per heavy atom. The lowest BCUT2D eigenvalue weighted by Crippen LogP contribution is -2.14. The van der Waals surface area contributed by atoms with Gasteiger partial charge in [0.05, 0.1) is 25.8 Å². The predicted octanol–water partition coefficient (Wildman–Crippen LogP) is 5.15. The molecule has 1 N–H and O–H groups in total. The summed E-state index contributed by atoms with van der Waals surface area (Å²) >= 11 is 14.9. The van der Waals surface area contributed by atoms with Crippen molar-refractivity contribution < 1.29 is 9.18 Å². The minimum absolute atomic E-state index is 0.0923. The Hall–Kier alpha value is -1.10. The normalized spacial score (nSPS) is 10.3. The quantitative estimate of drug-likeness (QED) is 0.786. The van der Waals surface area contributed by atoms with Crippen molar-refractivity contribution in [3.63, 3.8) is 0 Å². The van der Waals surface area contributed by atoms with Crippen LogP contribution in [-0.2, 0) is 0 Å². The molecule has 98 valence electrons. The molecule has 0 heterocycles. The van der Waals surface area contributed by atoms with Crippen molar-refractivity contribution in [2.45, 2.75) is 0 Å². The summed E-state index contributed by atoms with van der Waals surface area (Å²) < 4.78 is 14.0. The number of hydrogen-bond donors (Lipinski definition) is 1. The fourth-order valence-corrected chi connectivity index (χ4v) is 2.34. The van der Waals surface area contributed by atoms with Crippen molar-refractivity contribution in [3.8, 4) is 0 Å². The molecular weight excluding hydrogens is 356 g/mol. The molecule has 6 heteroatoms. The topological polar surface area (TPSA) is 29.1 Å². The second-order valence-corrected chi connectivity index (χ2v) is 5.32. The van der Waals surface area contributed by atoms with Crippen LogP contribution in [-0.4, -0.2) is 5.91 Å². The third-order valence-electron chi connectivity index (χ3n) is 2.40. The van der Waals surface area contributed by atoms with Gasteiger partial charge in [-0.1, -0.05) is 35.3 Å². The molecule has 0 radical (unpaired) electrons. The Bertz CT molecular complexity index is 628. The number of hydrogen-bond acceptors (Lipinski definition) is 1. The van der Waals surface area contributed by atoms with Crippen molar-refractivity contribution in [2.75, 3.05) is 5.32 Å². The molecule has 0 spiro atoms. The molecular formula is C13H7BrCl2FNO. The lowest BCUT2D eigenvalue weighted by Gasteiger charge is -2.10. The first-order valence-corrected chi connectivity index (χ1v) is 6.75. The van der Waals surface area contributed by atoms with Crippen LogP contribution in [0.2, 0.25) is 10.0 Å². The van der Waals surface area contributed by atoms with Gasteiger partial charge in [-0.2, -0.15) is 0 Å². The van der Waals surface area contributed by atoms with Crippen LogP contribution in [0.4, 0.5) is 10.1 Å². The van der Waals surface area contributed by atoms with Crippen molar-refractivity contribution >= 4 is 50.7 Å². The number of nitrogens with one attached hydrogen (secondary N) is 1.